The smallest absolute Gasteiger partial charge is 0.349 e. The molecule has 1 aliphatic heterocycles. The average Bonchev–Trinajstić information content (AvgIpc) is 3.18. The molecule has 1 saturated heterocycles. The van der Waals surface area contributed by atoms with Crippen LogP contribution in [0.15, 0.2) is 21.5 Å². The van der Waals surface area contributed by atoms with Gasteiger partial charge in [0, 0.05) is 18.9 Å². The van der Waals surface area contributed by atoms with Crippen molar-refractivity contribution in [2.24, 2.45) is 0 Å². The predicted octanol–water partition coefficient (Wildman–Crippen LogP) is 2.22. The zero-order chi connectivity index (χ0) is 19.7. The zero-order valence-electron chi connectivity index (χ0n) is 16.4. The van der Waals surface area contributed by atoms with Crippen LogP contribution in [-0.4, -0.2) is 40.1 Å². The Labute approximate surface area is 178 Å². The van der Waals surface area contributed by atoms with Gasteiger partial charge >= 0.3 is 5.63 Å². The lowest BCUT2D eigenvalue weighted by molar-refractivity contribution is 0.0948. The summed E-state index contributed by atoms with van der Waals surface area (Å²) >= 11 is 1.52. The SMILES string of the molecule is Cc1nn2cc(CCNC(=O)c3c(C)cc(C4CCNCC4)oc3=O)nc2s1.Cl. The topological polar surface area (TPSA) is 102 Å². The van der Waals surface area contributed by atoms with Gasteiger partial charge in [0.05, 0.1) is 11.9 Å². The van der Waals surface area contributed by atoms with Gasteiger partial charge in [-0.05, 0) is 51.4 Å². The van der Waals surface area contributed by atoms with Gasteiger partial charge in [0.15, 0.2) is 0 Å². The number of fused-ring (bicyclic) bond motifs is 1. The van der Waals surface area contributed by atoms with Crippen molar-refractivity contribution in [2.75, 3.05) is 19.6 Å². The van der Waals surface area contributed by atoms with E-state index in [2.05, 4.69) is 20.7 Å². The number of halogens is 1. The van der Waals surface area contributed by atoms with Crippen molar-refractivity contribution >= 4 is 34.6 Å². The first-order chi connectivity index (χ1) is 13.5. The summed E-state index contributed by atoms with van der Waals surface area (Å²) in [6.45, 7) is 5.93. The third-order valence-corrected chi connectivity index (χ3v) is 5.84. The Bertz CT molecular complexity index is 1040. The maximum Gasteiger partial charge on any atom is 0.349 e. The van der Waals surface area contributed by atoms with Crippen LogP contribution in [0.4, 0.5) is 0 Å². The molecule has 0 spiro atoms. The van der Waals surface area contributed by atoms with E-state index in [1.807, 2.05) is 19.2 Å². The van der Waals surface area contributed by atoms with Crippen molar-refractivity contribution in [3.05, 3.63) is 50.3 Å². The zero-order valence-corrected chi connectivity index (χ0v) is 18.0. The lowest BCUT2D eigenvalue weighted by Crippen LogP contribution is -2.32. The van der Waals surface area contributed by atoms with Crippen LogP contribution < -0.4 is 16.3 Å². The Hall–Kier alpha value is -2.23. The minimum Gasteiger partial charge on any atom is -0.427 e. The van der Waals surface area contributed by atoms with Gasteiger partial charge in [-0.25, -0.2) is 14.3 Å². The third-order valence-electron chi connectivity index (χ3n) is 5.00. The van der Waals surface area contributed by atoms with E-state index in [1.165, 1.54) is 11.3 Å². The van der Waals surface area contributed by atoms with Gasteiger partial charge in [0.1, 0.15) is 16.3 Å². The molecule has 29 heavy (non-hydrogen) atoms. The molecule has 0 aromatic carbocycles. The molecule has 3 aromatic rings. The van der Waals surface area contributed by atoms with E-state index >= 15 is 0 Å². The van der Waals surface area contributed by atoms with Gasteiger partial charge < -0.3 is 15.1 Å². The number of aromatic nitrogens is 3. The molecule has 8 nitrogen and oxygen atoms in total. The Balaban J connectivity index is 0.00000240. The minimum absolute atomic E-state index is 0. The number of amides is 1. The second-order valence-corrected chi connectivity index (χ2v) is 8.26. The maximum absolute atomic E-state index is 12.5. The van der Waals surface area contributed by atoms with Crippen LogP contribution in [0, 0.1) is 13.8 Å². The molecule has 2 N–H and O–H groups in total. The molecule has 0 atom stereocenters. The molecule has 3 aromatic heterocycles. The second kappa shape index (κ2) is 9.06. The maximum atomic E-state index is 12.5. The number of nitrogens with zero attached hydrogens (tertiary/aromatic N) is 3. The normalized spacial score (nSPS) is 14.7. The Morgan fingerprint density at radius 1 is 1.38 bits per heavy atom. The molecule has 1 amide bonds. The van der Waals surface area contributed by atoms with Gasteiger partial charge in [-0.3, -0.25) is 4.79 Å². The molecular formula is C19H24ClN5O3S. The van der Waals surface area contributed by atoms with Gasteiger partial charge in [-0.2, -0.15) is 5.10 Å². The molecule has 156 valence electrons. The first-order valence-corrected chi connectivity index (χ1v) is 10.3. The van der Waals surface area contributed by atoms with E-state index in [-0.39, 0.29) is 23.9 Å². The highest BCUT2D eigenvalue weighted by Crippen LogP contribution is 2.25. The number of carbonyl (C=O) groups is 1. The summed E-state index contributed by atoms with van der Waals surface area (Å²) in [5.74, 6) is 0.510. The fourth-order valence-corrected chi connectivity index (χ4v) is 4.31. The molecule has 1 aliphatic rings. The molecule has 10 heteroatoms. The largest absolute Gasteiger partial charge is 0.427 e. The quantitative estimate of drug-likeness (QED) is 0.634. The molecule has 0 unspecified atom stereocenters. The highest BCUT2D eigenvalue weighted by molar-refractivity contribution is 7.16. The van der Waals surface area contributed by atoms with Crippen molar-refractivity contribution < 1.29 is 9.21 Å². The molecule has 4 rings (SSSR count). The first kappa shape index (κ1) is 21.5. The van der Waals surface area contributed by atoms with Crippen LogP contribution in [0.2, 0.25) is 0 Å². The number of hydrogen-bond acceptors (Lipinski definition) is 7. The fourth-order valence-electron chi connectivity index (χ4n) is 3.57. The van der Waals surface area contributed by atoms with E-state index in [9.17, 15) is 9.59 Å². The standard InChI is InChI=1S/C19H23N5O3S.ClH/c1-11-9-15(13-3-6-20-7-4-13)27-18(26)16(11)17(25)21-8-5-14-10-24-19(22-14)28-12(2)23-24;/h9-10,13,20H,3-8H2,1-2H3,(H,21,25);1H. The number of rotatable bonds is 5. The number of carbonyl (C=O) groups excluding carboxylic acids is 1. The lowest BCUT2D eigenvalue weighted by Gasteiger charge is -2.21. The Morgan fingerprint density at radius 3 is 2.83 bits per heavy atom. The monoisotopic (exact) mass is 437 g/mol. The summed E-state index contributed by atoms with van der Waals surface area (Å²) in [5, 5.41) is 11.4. The highest BCUT2D eigenvalue weighted by atomic mass is 35.5. The molecule has 0 radical (unpaired) electrons. The van der Waals surface area contributed by atoms with Gasteiger partial charge in [-0.1, -0.05) is 11.3 Å². The molecule has 4 heterocycles. The molecular weight excluding hydrogens is 414 g/mol. The summed E-state index contributed by atoms with van der Waals surface area (Å²) in [5.41, 5.74) is 1.03. The summed E-state index contributed by atoms with van der Waals surface area (Å²) in [6, 6.07) is 1.84. The van der Waals surface area contributed by atoms with Crippen molar-refractivity contribution in [3.63, 3.8) is 0 Å². The van der Waals surface area contributed by atoms with Crippen molar-refractivity contribution in [2.45, 2.75) is 39.0 Å². The number of imidazole rings is 1. The van der Waals surface area contributed by atoms with E-state index in [0.717, 1.165) is 41.6 Å². The average molecular weight is 438 g/mol. The molecule has 1 fully saturated rings. The van der Waals surface area contributed by atoms with E-state index in [4.69, 9.17) is 4.42 Å². The van der Waals surface area contributed by atoms with Crippen LogP contribution in [0.25, 0.3) is 4.96 Å². The molecule has 0 saturated carbocycles. The van der Waals surface area contributed by atoms with E-state index < -0.39 is 11.5 Å². The molecule has 0 aliphatic carbocycles. The Kier molecular flexibility index (Phi) is 6.71. The highest BCUT2D eigenvalue weighted by Gasteiger charge is 2.22. The predicted molar refractivity (Wildman–Crippen MR) is 113 cm³/mol. The Morgan fingerprint density at radius 2 is 2.14 bits per heavy atom. The van der Waals surface area contributed by atoms with Crippen molar-refractivity contribution in [1.82, 2.24) is 25.2 Å². The van der Waals surface area contributed by atoms with E-state index in [0.29, 0.717) is 24.3 Å². The number of aryl methyl sites for hydroxylation is 2. The van der Waals surface area contributed by atoms with Crippen LogP contribution in [-0.2, 0) is 6.42 Å². The van der Waals surface area contributed by atoms with Crippen LogP contribution >= 0.6 is 23.7 Å². The summed E-state index contributed by atoms with van der Waals surface area (Å²) in [4.78, 5) is 30.3. The molecule has 0 bridgehead atoms. The lowest BCUT2D eigenvalue weighted by atomic mass is 9.94. The summed E-state index contributed by atoms with van der Waals surface area (Å²) in [7, 11) is 0. The number of piperidine rings is 1. The van der Waals surface area contributed by atoms with Gasteiger partial charge in [0.2, 0.25) is 4.96 Å². The van der Waals surface area contributed by atoms with Crippen molar-refractivity contribution in [1.29, 1.82) is 0 Å². The van der Waals surface area contributed by atoms with Crippen molar-refractivity contribution in [3.8, 4) is 0 Å². The van der Waals surface area contributed by atoms with Crippen LogP contribution in [0.5, 0.6) is 0 Å². The summed E-state index contributed by atoms with van der Waals surface area (Å²) in [6.07, 6.45) is 4.30. The van der Waals surface area contributed by atoms with Crippen LogP contribution in [0.1, 0.15) is 51.1 Å². The number of hydrogen-bond donors (Lipinski definition) is 2. The second-order valence-electron chi connectivity index (χ2n) is 7.10. The van der Waals surface area contributed by atoms with E-state index in [1.54, 1.807) is 11.4 Å². The third kappa shape index (κ3) is 4.68. The first-order valence-electron chi connectivity index (χ1n) is 9.46. The van der Waals surface area contributed by atoms with Gasteiger partial charge in [0.25, 0.3) is 5.91 Å². The van der Waals surface area contributed by atoms with Crippen LogP contribution in [0.3, 0.4) is 0 Å². The summed E-state index contributed by atoms with van der Waals surface area (Å²) < 4.78 is 7.23. The minimum atomic E-state index is -0.562. The van der Waals surface area contributed by atoms with Gasteiger partial charge in [-0.15, -0.1) is 12.4 Å². The number of nitrogens with one attached hydrogen (secondary N) is 2. The fraction of sp³-hybridized carbons (Fsp3) is 0.474.